The molecule has 4 heteroatoms. The Bertz CT molecular complexity index is 315. The fourth-order valence-electron chi connectivity index (χ4n) is 1.55. The zero-order valence-electron chi connectivity index (χ0n) is 12.0. The van der Waals surface area contributed by atoms with Gasteiger partial charge in [0, 0.05) is 5.57 Å². The first kappa shape index (κ1) is 17.9. The van der Waals surface area contributed by atoms with Crippen molar-refractivity contribution >= 4 is 32.2 Å². The summed E-state index contributed by atoms with van der Waals surface area (Å²) in [7, 11) is -1.02. The Hall–Kier alpha value is -0.103. The minimum Gasteiger partial charge on any atom is -0.551 e. The molecule has 0 radical (unpaired) electrons. The lowest BCUT2D eigenvalue weighted by molar-refractivity contribution is 0.426. The van der Waals surface area contributed by atoms with Crippen LogP contribution in [-0.2, 0) is 4.43 Å². The van der Waals surface area contributed by atoms with Gasteiger partial charge in [0.2, 0.25) is 9.04 Å². The predicted octanol–water partition coefficient (Wildman–Crippen LogP) is 4.75. The van der Waals surface area contributed by atoms with Gasteiger partial charge in [-0.1, -0.05) is 32.1 Å². The Morgan fingerprint density at radius 1 is 1.39 bits per heavy atom. The van der Waals surface area contributed by atoms with Gasteiger partial charge in [0.25, 0.3) is 0 Å². The van der Waals surface area contributed by atoms with Crippen molar-refractivity contribution in [1.29, 1.82) is 0 Å². The zero-order valence-corrected chi connectivity index (χ0v) is 14.6. The summed E-state index contributed by atoms with van der Waals surface area (Å²) in [6.07, 6.45) is 3.97. The van der Waals surface area contributed by atoms with Crippen molar-refractivity contribution in [3.05, 3.63) is 11.8 Å². The van der Waals surface area contributed by atoms with Crippen LogP contribution in [0, 0.1) is 23.7 Å². The summed E-state index contributed by atoms with van der Waals surface area (Å²) in [6.45, 7) is 10.5. The molecule has 0 spiro atoms. The van der Waals surface area contributed by atoms with E-state index >= 15 is 0 Å². The number of allylic oxidation sites excluding steroid dienone is 1. The van der Waals surface area contributed by atoms with E-state index in [4.69, 9.17) is 27.6 Å². The van der Waals surface area contributed by atoms with Gasteiger partial charge in [-0.25, -0.2) is 0 Å². The SMILES string of the molecule is CCCC(C)C(C#CC(C)=CO[SiH](C)C)C(Cl)Cl. The number of halogens is 2. The highest BCUT2D eigenvalue weighted by Crippen LogP contribution is 2.26. The number of hydrogen-bond donors (Lipinski definition) is 0. The summed E-state index contributed by atoms with van der Waals surface area (Å²) < 4.78 is 5.51. The lowest BCUT2D eigenvalue weighted by atomic mass is 9.92. The van der Waals surface area contributed by atoms with E-state index in [1.54, 1.807) is 6.26 Å². The second kappa shape index (κ2) is 9.78. The monoisotopic (exact) mass is 306 g/mol. The molecule has 2 atom stereocenters. The van der Waals surface area contributed by atoms with Gasteiger partial charge in [-0.3, -0.25) is 0 Å². The minimum absolute atomic E-state index is 0.0212. The molecule has 0 aliphatic heterocycles. The normalized spacial score (nSPS) is 15.3. The highest BCUT2D eigenvalue weighted by molar-refractivity contribution is 6.48. The molecule has 0 aromatic rings. The number of hydrogen-bond acceptors (Lipinski definition) is 1. The molecule has 0 aliphatic rings. The first-order valence-corrected chi connectivity index (χ1v) is 10.2. The van der Waals surface area contributed by atoms with Gasteiger partial charge in [0.05, 0.1) is 12.2 Å². The largest absolute Gasteiger partial charge is 0.551 e. The van der Waals surface area contributed by atoms with E-state index in [1.165, 1.54) is 0 Å². The Kier molecular flexibility index (Phi) is 9.72. The van der Waals surface area contributed by atoms with Gasteiger partial charge >= 0.3 is 0 Å². The van der Waals surface area contributed by atoms with Crippen molar-refractivity contribution in [2.24, 2.45) is 11.8 Å². The van der Waals surface area contributed by atoms with Crippen LogP contribution in [0.1, 0.15) is 33.6 Å². The Morgan fingerprint density at radius 3 is 2.44 bits per heavy atom. The van der Waals surface area contributed by atoms with Crippen LogP contribution in [0.25, 0.3) is 0 Å². The first-order valence-electron chi connectivity index (χ1n) is 6.50. The summed E-state index contributed by atoms with van der Waals surface area (Å²) in [5, 5.41) is 0. The summed E-state index contributed by atoms with van der Waals surface area (Å²) in [6, 6.07) is 0. The molecule has 0 amide bonds. The fraction of sp³-hybridized carbons (Fsp3) is 0.714. The fourth-order valence-corrected chi connectivity index (χ4v) is 2.65. The molecule has 0 aromatic carbocycles. The highest BCUT2D eigenvalue weighted by atomic mass is 35.5. The van der Waals surface area contributed by atoms with Crippen LogP contribution in [0.15, 0.2) is 11.8 Å². The van der Waals surface area contributed by atoms with Crippen molar-refractivity contribution in [2.75, 3.05) is 0 Å². The standard InChI is InChI=1S/C14H24Cl2OSi/c1-6-7-12(3)13(14(15)16)9-8-11(2)10-17-18(4)5/h10,12-14,18H,6-7H2,1-5H3. The number of rotatable bonds is 6. The van der Waals surface area contributed by atoms with Crippen LogP contribution in [0.4, 0.5) is 0 Å². The maximum Gasteiger partial charge on any atom is 0.228 e. The van der Waals surface area contributed by atoms with Crippen LogP contribution in [0.3, 0.4) is 0 Å². The molecule has 0 N–H and O–H groups in total. The molecule has 1 nitrogen and oxygen atoms in total. The van der Waals surface area contributed by atoms with Gasteiger partial charge in [0.15, 0.2) is 0 Å². The molecule has 0 saturated carbocycles. The van der Waals surface area contributed by atoms with Crippen molar-refractivity contribution in [3.8, 4) is 11.8 Å². The lowest BCUT2D eigenvalue weighted by Gasteiger charge is -2.19. The zero-order chi connectivity index (χ0) is 14.1. The molecule has 0 saturated heterocycles. The van der Waals surface area contributed by atoms with E-state index in [0.29, 0.717) is 5.92 Å². The molecule has 2 unspecified atom stereocenters. The third-order valence-electron chi connectivity index (χ3n) is 2.58. The topological polar surface area (TPSA) is 9.23 Å². The van der Waals surface area contributed by atoms with Crippen LogP contribution in [0.5, 0.6) is 0 Å². The first-order chi connectivity index (χ1) is 8.38. The summed E-state index contributed by atoms with van der Waals surface area (Å²) >= 11 is 12.0. The second-order valence-corrected chi connectivity index (χ2v) is 8.41. The molecule has 0 fully saturated rings. The van der Waals surface area contributed by atoms with E-state index in [2.05, 4.69) is 38.8 Å². The summed E-state index contributed by atoms with van der Waals surface area (Å²) in [5.41, 5.74) is 0.930. The average molecular weight is 307 g/mol. The van der Waals surface area contributed by atoms with E-state index in [0.717, 1.165) is 18.4 Å². The Labute approximate surface area is 124 Å². The van der Waals surface area contributed by atoms with Gasteiger partial charge < -0.3 is 4.43 Å². The maximum atomic E-state index is 6.00. The van der Waals surface area contributed by atoms with E-state index in [-0.39, 0.29) is 5.92 Å². The molecular weight excluding hydrogens is 283 g/mol. The maximum absolute atomic E-state index is 6.00. The van der Waals surface area contributed by atoms with E-state index in [1.807, 2.05) is 6.92 Å². The average Bonchev–Trinajstić information content (AvgIpc) is 2.26. The summed E-state index contributed by atoms with van der Waals surface area (Å²) in [5.74, 6) is 6.71. The summed E-state index contributed by atoms with van der Waals surface area (Å²) in [4.78, 5) is -0.438. The molecule has 0 heterocycles. The smallest absolute Gasteiger partial charge is 0.228 e. The lowest BCUT2D eigenvalue weighted by Crippen LogP contribution is -2.16. The van der Waals surface area contributed by atoms with Crippen molar-refractivity contribution < 1.29 is 4.43 Å². The van der Waals surface area contributed by atoms with Gasteiger partial charge in [0.1, 0.15) is 4.84 Å². The Balaban J connectivity index is 4.64. The minimum atomic E-state index is -1.02. The molecule has 0 bridgehead atoms. The molecular formula is C14H24Cl2OSi. The highest BCUT2D eigenvalue weighted by Gasteiger charge is 2.21. The van der Waals surface area contributed by atoms with Gasteiger partial charge in [-0.05, 0) is 32.4 Å². The molecule has 18 heavy (non-hydrogen) atoms. The molecule has 104 valence electrons. The molecule has 0 aliphatic carbocycles. The Morgan fingerprint density at radius 2 is 2.00 bits per heavy atom. The molecule has 0 rings (SSSR count). The number of alkyl halides is 2. The molecule has 0 aromatic heterocycles. The van der Waals surface area contributed by atoms with Gasteiger partial charge in [-0.15, -0.1) is 23.2 Å². The van der Waals surface area contributed by atoms with Crippen LogP contribution in [0.2, 0.25) is 13.1 Å². The van der Waals surface area contributed by atoms with Crippen molar-refractivity contribution in [2.45, 2.75) is 51.5 Å². The third-order valence-corrected chi connectivity index (χ3v) is 3.80. The van der Waals surface area contributed by atoms with E-state index < -0.39 is 13.9 Å². The van der Waals surface area contributed by atoms with Crippen LogP contribution < -0.4 is 0 Å². The quantitative estimate of drug-likeness (QED) is 0.298. The predicted molar refractivity (Wildman–Crippen MR) is 84.6 cm³/mol. The van der Waals surface area contributed by atoms with Crippen LogP contribution >= 0.6 is 23.2 Å². The second-order valence-electron chi connectivity index (χ2n) is 4.88. The van der Waals surface area contributed by atoms with Crippen molar-refractivity contribution in [3.63, 3.8) is 0 Å². The third kappa shape index (κ3) is 8.08. The van der Waals surface area contributed by atoms with Gasteiger partial charge in [-0.2, -0.15) is 0 Å². The van der Waals surface area contributed by atoms with E-state index in [9.17, 15) is 0 Å². The van der Waals surface area contributed by atoms with Crippen LogP contribution in [-0.4, -0.2) is 13.9 Å². The van der Waals surface area contributed by atoms with Crippen molar-refractivity contribution in [1.82, 2.24) is 0 Å².